The van der Waals surface area contributed by atoms with Crippen LogP contribution in [0.3, 0.4) is 0 Å². The molecule has 2 aliphatic rings. The van der Waals surface area contributed by atoms with Crippen molar-refractivity contribution in [2.75, 3.05) is 13.1 Å². The van der Waals surface area contributed by atoms with Crippen LogP contribution in [0.2, 0.25) is 0 Å². The maximum Gasteiger partial charge on any atom is 0.0244 e. The first kappa shape index (κ1) is 15.3. The number of hydrogen-bond donors (Lipinski definition) is 1. The summed E-state index contributed by atoms with van der Waals surface area (Å²) in [5.74, 6) is 0. The summed E-state index contributed by atoms with van der Waals surface area (Å²) in [4.78, 5) is 2.87. The molecule has 1 N–H and O–H groups in total. The molecule has 0 aromatic carbocycles. The van der Waals surface area contributed by atoms with Crippen molar-refractivity contribution in [1.29, 1.82) is 0 Å². The van der Waals surface area contributed by atoms with Gasteiger partial charge < -0.3 is 5.32 Å². The quantitative estimate of drug-likeness (QED) is 0.817. The summed E-state index contributed by atoms with van der Waals surface area (Å²) >= 11 is 0. The minimum Gasteiger partial charge on any atom is -0.311 e. The van der Waals surface area contributed by atoms with E-state index in [2.05, 4.69) is 44.8 Å². The highest BCUT2D eigenvalue weighted by molar-refractivity contribution is 4.99. The molecule has 0 aromatic rings. The molecule has 112 valence electrons. The Bertz CT molecular complexity index is 286. The van der Waals surface area contributed by atoms with E-state index in [1.54, 1.807) is 0 Å². The molecule has 1 saturated heterocycles. The second-order valence-corrected chi connectivity index (χ2v) is 8.10. The van der Waals surface area contributed by atoms with Crippen LogP contribution in [0.4, 0.5) is 0 Å². The molecule has 2 heteroatoms. The standard InChI is InChI=1S/C17H34N2/c1-6-14-12-18-15(16(2,3)4)13-19(14)17(5)10-8-7-9-11-17/h14-15,18H,6-13H2,1-5H3. The molecular formula is C17H34N2. The normalized spacial score (nSPS) is 33.3. The van der Waals surface area contributed by atoms with Crippen molar-refractivity contribution in [1.82, 2.24) is 10.2 Å². The molecule has 1 saturated carbocycles. The van der Waals surface area contributed by atoms with Gasteiger partial charge in [-0.15, -0.1) is 0 Å². The highest BCUT2D eigenvalue weighted by Crippen LogP contribution is 2.37. The summed E-state index contributed by atoms with van der Waals surface area (Å²) < 4.78 is 0. The van der Waals surface area contributed by atoms with E-state index in [0.717, 1.165) is 6.04 Å². The lowest BCUT2D eigenvalue weighted by atomic mass is 9.77. The average Bonchev–Trinajstić information content (AvgIpc) is 2.38. The summed E-state index contributed by atoms with van der Waals surface area (Å²) in [5.41, 5.74) is 0.826. The Hall–Kier alpha value is -0.0800. The Morgan fingerprint density at radius 1 is 1.16 bits per heavy atom. The van der Waals surface area contributed by atoms with E-state index < -0.39 is 0 Å². The van der Waals surface area contributed by atoms with Gasteiger partial charge in [-0.1, -0.05) is 47.0 Å². The van der Waals surface area contributed by atoms with Crippen LogP contribution in [0.15, 0.2) is 0 Å². The average molecular weight is 266 g/mol. The molecule has 1 aliphatic carbocycles. The molecule has 1 aliphatic heterocycles. The number of nitrogens with zero attached hydrogens (tertiary/aromatic N) is 1. The fraction of sp³-hybridized carbons (Fsp3) is 1.00. The van der Waals surface area contributed by atoms with Crippen molar-refractivity contribution in [2.24, 2.45) is 5.41 Å². The van der Waals surface area contributed by atoms with Gasteiger partial charge in [-0.2, -0.15) is 0 Å². The first-order valence-electron chi connectivity index (χ1n) is 8.37. The van der Waals surface area contributed by atoms with Crippen LogP contribution in [0.1, 0.15) is 73.1 Å². The lowest BCUT2D eigenvalue weighted by Gasteiger charge is -2.54. The highest BCUT2D eigenvalue weighted by Gasteiger charge is 2.42. The van der Waals surface area contributed by atoms with E-state index in [1.165, 1.54) is 51.6 Å². The smallest absolute Gasteiger partial charge is 0.0244 e. The van der Waals surface area contributed by atoms with Crippen molar-refractivity contribution in [3.8, 4) is 0 Å². The SMILES string of the molecule is CCC1CNC(C(C)(C)C)CN1C1(C)CCCCC1. The predicted molar refractivity (Wildman–Crippen MR) is 83.5 cm³/mol. The second kappa shape index (κ2) is 5.73. The summed E-state index contributed by atoms with van der Waals surface area (Å²) in [6.07, 6.45) is 8.38. The van der Waals surface area contributed by atoms with Crippen LogP contribution in [-0.2, 0) is 0 Å². The summed E-state index contributed by atoms with van der Waals surface area (Å²) in [5, 5.41) is 3.80. The third-order valence-electron chi connectivity index (χ3n) is 5.56. The molecule has 2 atom stereocenters. The van der Waals surface area contributed by atoms with Crippen LogP contribution >= 0.6 is 0 Å². The van der Waals surface area contributed by atoms with Crippen molar-refractivity contribution in [3.05, 3.63) is 0 Å². The topological polar surface area (TPSA) is 15.3 Å². The first-order chi connectivity index (χ1) is 8.87. The predicted octanol–water partition coefficient (Wildman–Crippen LogP) is 3.81. The fourth-order valence-electron chi connectivity index (χ4n) is 4.01. The van der Waals surface area contributed by atoms with E-state index in [1.807, 2.05) is 0 Å². The molecule has 2 unspecified atom stereocenters. The molecule has 0 bridgehead atoms. The van der Waals surface area contributed by atoms with Crippen LogP contribution in [0.25, 0.3) is 0 Å². The first-order valence-corrected chi connectivity index (χ1v) is 8.37. The number of nitrogens with one attached hydrogen (secondary N) is 1. The Morgan fingerprint density at radius 3 is 2.32 bits per heavy atom. The van der Waals surface area contributed by atoms with E-state index >= 15 is 0 Å². The monoisotopic (exact) mass is 266 g/mol. The summed E-state index contributed by atoms with van der Waals surface area (Å²) in [7, 11) is 0. The van der Waals surface area contributed by atoms with E-state index in [9.17, 15) is 0 Å². The van der Waals surface area contributed by atoms with Crippen molar-refractivity contribution in [2.45, 2.75) is 90.8 Å². The minimum absolute atomic E-state index is 0.363. The Kier molecular flexibility index (Phi) is 4.62. The molecule has 0 aromatic heterocycles. The molecule has 0 spiro atoms. The number of rotatable bonds is 2. The van der Waals surface area contributed by atoms with Crippen molar-refractivity contribution < 1.29 is 0 Å². The van der Waals surface area contributed by atoms with Gasteiger partial charge in [-0.05, 0) is 31.6 Å². The zero-order chi connectivity index (χ0) is 14.1. The minimum atomic E-state index is 0.363. The van der Waals surface area contributed by atoms with Gasteiger partial charge in [0, 0.05) is 30.7 Å². The van der Waals surface area contributed by atoms with Gasteiger partial charge in [-0.3, -0.25) is 4.90 Å². The molecule has 0 amide bonds. The van der Waals surface area contributed by atoms with Crippen molar-refractivity contribution >= 4 is 0 Å². The second-order valence-electron chi connectivity index (χ2n) is 8.10. The highest BCUT2D eigenvalue weighted by atomic mass is 15.3. The number of piperazine rings is 1. The third-order valence-corrected chi connectivity index (χ3v) is 5.56. The summed E-state index contributed by atoms with van der Waals surface area (Å²) in [6.45, 7) is 14.4. The van der Waals surface area contributed by atoms with Crippen LogP contribution in [-0.4, -0.2) is 35.6 Å². The largest absolute Gasteiger partial charge is 0.311 e. The molecule has 2 nitrogen and oxygen atoms in total. The lowest BCUT2D eigenvalue weighted by Crippen LogP contribution is -2.66. The van der Waals surface area contributed by atoms with Gasteiger partial charge in [0.1, 0.15) is 0 Å². The van der Waals surface area contributed by atoms with Gasteiger partial charge in [-0.25, -0.2) is 0 Å². The molecular weight excluding hydrogens is 232 g/mol. The maximum atomic E-state index is 3.80. The van der Waals surface area contributed by atoms with Gasteiger partial charge >= 0.3 is 0 Å². The molecule has 1 heterocycles. The van der Waals surface area contributed by atoms with Gasteiger partial charge in [0.15, 0.2) is 0 Å². The van der Waals surface area contributed by atoms with Crippen molar-refractivity contribution in [3.63, 3.8) is 0 Å². The van der Waals surface area contributed by atoms with Gasteiger partial charge in [0.2, 0.25) is 0 Å². The van der Waals surface area contributed by atoms with Gasteiger partial charge in [0.25, 0.3) is 0 Å². The Balaban J connectivity index is 2.13. The van der Waals surface area contributed by atoms with Crippen LogP contribution in [0.5, 0.6) is 0 Å². The van der Waals surface area contributed by atoms with E-state index in [-0.39, 0.29) is 0 Å². The number of hydrogen-bond acceptors (Lipinski definition) is 2. The van der Waals surface area contributed by atoms with Gasteiger partial charge in [0.05, 0.1) is 0 Å². The third kappa shape index (κ3) is 3.33. The molecule has 2 rings (SSSR count). The fourth-order valence-corrected chi connectivity index (χ4v) is 4.01. The molecule has 0 radical (unpaired) electrons. The zero-order valence-corrected chi connectivity index (χ0v) is 13.8. The molecule has 2 fully saturated rings. The lowest BCUT2D eigenvalue weighted by molar-refractivity contribution is -0.0207. The van der Waals surface area contributed by atoms with E-state index in [4.69, 9.17) is 0 Å². The Labute approximate surface area is 120 Å². The molecule has 19 heavy (non-hydrogen) atoms. The summed E-state index contributed by atoms with van der Waals surface area (Å²) in [6, 6.07) is 1.37. The van der Waals surface area contributed by atoms with Crippen LogP contribution in [0, 0.1) is 5.41 Å². The van der Waals surface area contributed by atoms with Crippen LogP contribution < -0.4 is 5.32 Å². The Morgan fingerprint density at radius 2 is 1.79 bits per heavy atom. The zero-order valence-electron chi connectivity index (χ0n) is 13.8. The van der Waals surface area contributed by atoms with E-state index in [0.29, 0.717) is 17.0 Å². The maximum absolute atomic E-state index is 3.80.